The molecule has 32 heavy (non-hydrogen) atoms. The average Bonchev–Trinajstić information content (AvgIpc) is 3.43. The SMILES string of the molecule is O=C(/C=C/c1ccc(S(=O)(=O)N2CCc3ccccc32)cc1)OCC(=O)N1CCCC1=O. The number of hydrogen-bond donors (Lipinski definition) is 0. The van der Waals surface area contributed by atoms with Gasteiger partial charge in [-0.05, 0) is 48.2 Å². The summed E-state index contributed by atoms with van der Waals surface area (Å²) in [7, 11) is -3.68. The van der Waals surface area contributed by atoms with Crippen LogP contribution in [0.4, 0.5) is 5.69 Å². The van der Waals surface area contributed by atoms with Gasteiger partial charge in [0.2, 0.25) is 5.91 Å². The monoisotopic (exact) mass is 454 g/mol. The minimum atomic E-state index is -3.68. The quantitative estimate of drug-likeness (QED) is 0.490. The van der Waals surface area contributed by atoms with Gasteiger partial charge >= 0.3 is 5.97 Å². The lowest BCUT2D eigenvalue weighted by Crippen LogP contribution is -2.35. The Bertz CT molecular complexity index is 1190. The summed E-state index contributed by atoms with van der Waals surface area (Å²) in [6.07, 6.45) is 4.24. The number of carbonyl (C=O) groups is 3. The molecular weight excluding hydrogens is 432 g/mol. The number of imide groups is 1. The van der Waals surface area contributed by atoms with Crippen LogP contribution in [0.2, 0.25) is 0 Å². The summed E-state index contributed by atoms with van der Waals surface area (Å²) in [6.45, 7) is 0.254. The van der Waals surface area contributed by atoms with E-state index in [4.69, 9.17) is 4.74 Å². The van der Waals surface area contributed by atoms with Crippen LogP contribution >= 0.6 is 0 Å². The zero-order chi connectivity index (χ0) is 22.7. The van der Waals surface area contributed by atoms with Crippen LogP contribution in [0.25, 0.3) is 6.08 Å². The van der Waals surface area contributed by atoms with Crippen molar-refractivity contribution in [2.45, 2.75) is 24.2 Å². The molecule has 2 aromatic rings. The Hall–Kier alpha value is -3.46. The number of ether oxygens (including phenoxy) is 1. The number of amides is 2. The molecule has 0 unspecified atom stereocenters. The molecule has 0 aromatic heterocycles. The van der Waals surface area contributed by atoms with Crippen LogP contribution in [-0.2, 0) is 35.6 Å². The van der Waals surface area contributed by atoms with Gasteiger partial charge in [-0.3, -0.25) is 18.8 Å². The van der Waals surface area contributed by atoms with Gasteiger partial charge in [-0.15, -0.1) is 0 Å². The van der Waals surface area contributed by atoms with Gasteiger partial charge in [0.15, 0.2) is 6.61 Å². The van der Waals surface area contributed by atoms with Gasteiger partial charge in [0.1, 0.15) is 0 Å². The Morgan fingerprint density at radius 1 is 1.00 bits per heavy atom. The van der Waals surface area contributed by atoms with E-state index in [2.05, 4.69) is 0 Å². The van der Waals surface area contributed by atoms with Crippen LogP contribution in [0.1, 0.15) is 24.0 Å². The molecule has 2 amide bonds. The first-order valence-electron chi connectivity index (χ1n) is 10.2. The number of nitrogens with zero attached hydrogens (tertiary/aromatic N) is 2. The molecule has 1 saturated heterocycles. The molecule has 0 N–H and O–H groups in total. The summed E-state index contributed by atoms with van der Waals surface area (Å²) < 4.78 is 32.4. The molecule has 1 fully saturated rings. The zero-order valence-electron chi connectivity index (χ0n) is 17.3. The molecule has 0 bridgehead atoms. The van der Waals surface area contributed by atoms with Crippen LogP contribution in [0.15, 0.2) is 59.5 Å². The summed E-state index contributed by atoms with van der Waals surface area (Å²) >= 11 is 0. The van der Waals surface area contributed by atoms with Gasteiger partial charge in [0.25, 0.3) is 15.9 Å². The summed E-state index contributed by atoms with van der Waals surface area (Å²) in [5.74, 6) is -1.52. The third-order valence-corrected chi connectivity index (χ3v) is 7.26. The molecule has 9 heteroatoms. The fourth-order valence-corrected chi connectivity index (χ4v) is 5.27. The fraction of sp³-hybridized carbons (Fsp3) is 0.261. The van der Waals surface area contributed by atoms with E-state index in [0.29, 0.717) is 43.6 Å². The number of fused-ring (bicyclic) bond motifs is 1. The maximum atomic E-state index is 13.0. The summed E-state index contributed by atoms with van der Waals surface area (Å²) in [5, 5.41) is 0. The number of sulfonamides is 1. The highest BCUT2D eigenvalue weighted by Crippen LogP contribution is 2.32. The Morgan fingerprint density at radius 3 is 2.47 bits per heavy atom. The van der Waals surface area contributed by atoms with E-state index in [9.17, 15) is 22.8 Å². The number of para-hydroxylation sites is 1. The highest BCUT2D eigenvalue weighted by molar-refractivity contribution is 7.92. The van der Waals surface area contributed by atoms with E-state index >= 15 is 0 Å². The molecule has 2 heterocycles. The van der Waals surface area contributed by atoms with E-state index in [1.807, 2.05) is 18.2 Å². The fourth-order valence-electron chi connectivity index (χ4n) is 3.77. The van der Waals surface area contributed by atoms with Gasteiger partial charge in [0, 0.05) is 25.6 Å². The average molecular weight is 455 g/mol. The minimum absolute atomic E-state index is 0.162. The lowest BCUT2D eigenvalue weighted by atomic mass is 10.2. The van der Waals surface area contributed by atoms with Gasteiger partial charge in [-0.2, -0.15) is 0 Å². The third-order valence-electron chi connectivity index (χ3n) is 5.44. The second kappa shape index (κ2) is 8.96. The standard InChI is InChI=1S/C23H22N2O6S/c26-21-6-3-14-24(21)22(27)16-31-23(28)12-9-17-7-10-19(11-8-17)32(29,30)25-15-13-18-4-1-2-5-20(18)25/h1-2,4-5,7-12H,3,6,13-16H2/b12-9+. The number of esters is 1. The van der Waals surface area contributed by atoms with E-state index in [1.165, 1.54) is 22.5 Å². The first-order chi connectivity index (χ1) is 15.4. The number of hydrogen-bond acceptors (Lipinski definition) is 6. The highest BCUT2D eigenvalue weighted by atomic mass is 32.2. The molecule has 0 spiro atoms. The third kappa shape index (κ3) is 4.43. The Kier molecular flexibility index (Phi) is 6.09. The first-order valence-corrected chi connectivity index (χ1v) is 11.7. The van der Waals surface area contributed by atoms with Gasteiger partial charge in [-0.25, -0.2) is 13.2 Å². The molecule has 2 aliphatic heterocycles. The summed E-state index contributed by atoms with van der Waals surface area (Å²) in [6, 6.07) is 13.6. The molecule has 0 atom stereocenters. The van der Waals surface area contributed by atoms with Crippen LogP contribution in [0.3, 0.4) is 0 Å². The van der Waals surface area contributed by atoms with Crippen LogP contribution in [0, 0.1) is 0 Å². The van der Waals surface area contributed by atoms with Crippen molar-refractivity contribution in [3.05, 3.63) is 65.7 Å². The maximum absolute atomic E-state index is 13.0. The lowest BCUT2D eigenvalue weighted by Gasteiger charge is -2.19. The number of benzene rings is 2. The zero-order valence-corrected chi connectivity index (χ0v) is 18.1. The number of rotatable bonds is 6. The van der Waals surface area contributed by atoms with E-state index in [0.717, 1.165) is 16.5 Å². The van der Waals surface area contributed by atoms with Gasteiger partial charge in [0.05, 0.1) is 10.6 Å². The van der Waals surface area contributed by atoms with Crippen molar-refractivity contribution in [1.82, 2.24) is 4.90 Å². The molecule has 2 aromatic carbocycles. The molecular formula is C23H22N2O6S. The Balaban J connectivity index is 1.36. The van der Waals surface area contributed by atoms with Gasteiger partial charge < -0.3 is 4.74 Å². The smallest absolute Gasteiger partial charge is 0.331 e. The molecule has 0 saturated carbocycles. The van der Waals surface area contributed by atoms with Crippen molar-refractivity contribution in [1.29, 1.82) is 0 Å². The highest BCUT2D eigenvalue weighted by Gasteiger charge is 2.30. The van der Waals surface area contributed by atoms with Crippen molar-refractivity contribution in [2.75, 3.05) is 24.0 Å². The van der Waals surface area contributed by atoms with Crippen molar-refractivity contribution in [2.24, 2.45) is 0 Å². The molecule has 4 rings (SSSR count). The second-order valence-electron chi connectivity index (χ2n) is 7.51. The Morgan fingerprint density at radius 2 is 1.75 bits per heavy atom. The van der Waals surface area contributed by atoms with Crippen LogP contribution in [-0.4, -0.2) is 50.8 Å². The van der Waals surface area contributed by atoms with E-state index in [-0.39, 0.29) is 10.8 Å². The van der Waals surface area contributed by atoms with Crippen molar-refractivity contribution in [3.8, 4) is 0 Å². The predicted molar refractivity (Wildman–Crippen MR) is 117 cm³/mol. The molecule has 0 aliphatic carbocycles. The maximum Gasteiger partial charge on any atom is 0.331 e. The van der Waals surface area contributed by atoms with Crippen molar-refractivity contribution in [3.63, 3.8) is 0 Å². The molecule has 0 radical (unpaired) electrons. The minimum Gasteiger partial charge on any atom is -0.452 e. The number of anilines is 1. The predicted octanol–water partition coefficient (Wildman–Crippen LogP) is 2.14. The summed E-state index contributed by atoms with van der Waals surface area (Å²) in [5.41, 5.74) is 2.30. The van der Waals surface area contributed by atoms with Gasteiger partial charge in [-0.1, -0.05) is 30.3 Å². The number of likely N-dealkylation sites (tertiary alicyclic amines) is 1. The van der Waals surface area contributed by atoms with E-state index in [1.54, 1.807) is 18.2 Å². The van der Waals surface area contributed by atoms with Crippen LogP contribution in [0.5, 0.6) is 0 Å². The molecule has 2 aliphatic rings. The normalized spacial score (nSPS) is 15.9. The lowest BCUT2D eigenvalue weighted by molar-refractivity contribution is -0.151. The summed E-state index contributed by atoms with van der Waals surface area (Å²) in [4.78, 5) is 36.5. The number of carbonyl (C=O) groups excluding carboxylic acids is 3. The molecule has 166 valence electrons. The Labute approximate surface area is 186 Å². The van der Waals surface area contributed by atoms with Crippen LogP contribution < -0.4 is 4.31 Å². The first kappa shape index (κ1) is 21.8. The topological polar surface area (TPSA) is 101 Å². The molecule has 8 nitrogen and oxygen atoms in total. The largest absolute Gasteiger partial charge is 0.452 e. The second-order valence-corrected chi connectivity index (χ2v) is 9.37. The van der Waals surface area contributed by atoms with E-state index < -0.39 is 28.5 Å². The van der Waals surface area contributed by atoms with Crippen molar-refractivity contribution >= 4 is 39.6 Å². The van der Waals surface area contributed by atoms with Crippen molar-refractivity contribution < 1.29 is 27.5 Å².